The molecule has 1 aromatic heterocycles. The maximum absolute atomic E-state index is 13.6. The minimum atomic E-state index is -3.25. The Labute approximate surface area is 184 Å². The van der Waals surface area contributed by atoms with Crippen LogP contribution in [0.5, 0.6) is 0 Å². The quantitative estimate of drug-likeness (QED) is 0.584. The van der Waals surface area contributed by atoms with E-state index in [-0.39, 0.29) is 28.3 Å². The molecule has 3 heterocycles. The molecule has 0 spiro atoms. The highest BCUT2D eigenvalue weighted by atomic mass is 35.5. The first-order chi connectivity index (χ1) is 14.7. The second kappa shape index (κ2) is 6.93. The molecule has 0 radical (unpaired) electrons. The lowest BCUT2D eigenvalue weighted by atomic mass is 9.97. The third-order valence-corrected chi connectivity index (χ3v) is 8.27. The molecule has 1 amide bonds. The van der Waals surface area contributed by atoms with Crippen LogP contribution in [0.15, 0.2) is 45.6 Å². The van der Waals surface area contributed by atoms with Gasteiger partial charge in [0.25, 0.3) is 5.91 Å². The maximum atomic E-state index is 13.6. The lowest BCUT2D eigenvalue weighted by molar-refractivity contribution is 0.0662. The van der Waals surface area contributed by atoms with Gasteiger partial charge in [-0.3, -0.25) is 9.59 Å². The molecule has 1 fully saturated rings. The number of rotatable bonds is 2. The molecule has 0 N–H and O–H groups in total. The first-order valence-electron chi connectivity index (χ1n) is 10.0. The topological polar surface area (TPSA) is 84.7 Å². The molecular formula is C23H20ClNO5S. The van der Waals surface area contributed by atoms with Crippen LogP contribution in [0.1, 0.15) is 45.3 Å². The second-order valence-corrected chi connectivity index (χ2v) is 11.0. The maximum Gasteiger partial charge on any atom is 0.291 e. The fourth-order valence-corrected chi connectivity index (χ4v) is 6.53. The summed E-state index contributed by atoms with van der Waals surface area (Å²) in [5, 5.41) is 0.872. The van der Waals surface area contributed by atoms with E-state index in [0.717, 1.165) is 11.1 Å². The Kier molecular flexibility index (Phi) is 4.53. The van der Waals surface area contributed by atoms with Gasteiger partial charge in [-0.05, 0) is 61.2 Å². The summed E-state index contributed by atoms with van der Waals surface area (Å²) in [6.07, 6.45) is 0.324. The molecule has 6 nitrogen and oxygen atoms in total. The predicted molar refractivity (Wildman–Crippen MR) is 118 cm³/mol. The highest BCUT2D eigenvalue weighted by Crippen LogP contribution is 2.42. The van der Waals surface area contributed by atoms with Gasteiger partial charge in [0.15, 0.2) is 15.3 Å². The molecule has 2 unspecified atom stereocenters. The van der Waals surface area contributed by atoms with Crippen molar-refractivity contribution in [2.24, 2.45) is 0 Å². The van der Waals surface area contributed by atoms with Crippen LogP contribution in [0.2, 0.25) is 5.02 Å². The zero-order valence-electron chi connectivity index (χ0n) is 17.0. The Morgan fingerprint density at radius 2 is 1.84 bits per heavy atom. The summed E-state index contributed by atoms with van der Waals surface area (Å²) in [6, 6.07) is 9.21. The van der Waals surface area contributed by atoms with E-state index < -0.39 is 27.8 Å². The Hall–Kier alpha value is -2.64. The van der Waals surface area contributed by atoms with E-state index in [9.17, 15) is 18.0 Å². The normalized spacial score (nSPS) is 22.3. The van der Waals surface area contributed by atoms with Crippen molar-refractivity contribution in [1.82, 2.24) is 4.90 Å². The van der Waals surface area contributed by atoms with Crippen LogP contribution >= 0.6 is 11.6 Å². The lowest BCUT2D eigenvalue weighted by Gasteiger charge is -2.30. The van der Waals surface area contributed by atoms with Crippen molar-refractivity contribution in [2.75, 3.05) is 11.5 Å². The number of amides is 1. The molecule has 2 aliphatic rings. The van der Waals surface area contributed by atoms with Crippen LogP contribution in [0.3, 0.4) is 0 Å². The van der Waals surface area contributed by atoms with Crippen molar-refractivity contribution in [1.29, 1.82) is 0 Å². The van der Waals surface area contributed by atoms with Crippen LogP contribution in [0.4, 0.5) is 0 Å². The third-order valence-electron chi connectivity index (χ3n) is 6.29. The van der Waals surface area contributed by atoms with Gasteiger partial charge in [-0.1, -0.05) is 23.7 Å². The van der Waals surface area contributed by atoms with E-state index in [0.29, 0.717) is 28.0 Å². The summed E-state index contributed by atoms with van der Waals surface area (Å²) in [6.45, 7) is 3.82. The molecule has 8 heteroatoms. The van der Waals surface area contributed by atoms with Gasteiger partial charge in [0.2, 0.25) is 5.76 Å². The van der Waals surface area contributed by atoms with E-state index in [4.69, 9.17) is 16.0 Å². The molecule has 1 saturated heterocycles. The second-order valence-electron chi connectivity index (χ2n) is 8.33. The first-order valence-corrected chi connectivity index (χ1v) is 12.2. The molecule has 0 saturated carbocycles. The average Bonchev–Trinajstić information content (AvgIpc) is 3.20. The molecular weight excluding hydrogens is 438 g/mol. The molecule has 2 aromatic carbocycles. The van der Waals surface area contributed by atoms with Gasteiger partial charge in [-0.15, -0.1) is 0 Å². The molecule has 5 rings (SSSR count). The average molecular weight is 458 g/mol. The molecule has 160 valence electrons. The number of aryl methyl sites for hydroxylation is 2. The molecule has 0 aliphatic carbocycles. The Balaban J connectivity index is 1.79. The van der Waals surface area contributed by atoms with Crippen LogP contribution in [0.25, 0.3) is 11.0 Å². The number of sulfone groups is 1. The third kappa shape index (κ3) is 3.18. The number of hydrogen-bond acceptors (Lipinski definition) is 5. The molecule has 31 heavy (non-hydrogen) atoms. The number of carbonyl (C=O) groups is 1. The molecule has 2 aliphatic heterocycles. The van der Waals surface area contributed by atoms with Crippen molar-refractivity contribution in [3.63, 3.8) is 0 Å². The van der Waals surface area contributed by atoms with Crippen LogP contribution < -0.4 is 5.43 Å². The highest BCUT2D eigenvalue weighted by molar-refractivity contribution is 7.91. The number of hydrogen-bond donors (Lipinski definition) is 0. The molecule has 3 aromatic rings. The first kappa shape index (κ1) is 20.3. The van der Waals surface area contributed by atoms with Crippen LogP contribution in [-0.2, 0) is 9.84 Å². The fraction of sp³-hybridized carbons (Fsp3) is 0.304. The van der Waals surface area contributed by atoms with Gasteiger partial charge < -0.3 is 9.32 Å². The Morgan fingerprint density at radius 1 is 1.10 bits per heavy atom. The number of carbonyl (C=O) groups excluding carboxylic acids is 1. The molecule has 0 bridgehead atoms. The van der Waals surface area contributed by atoms with Gasteiger partial charge in [0.1, 0.15) is 5.58 Å². The fourth-order valence-electron chi connectivity index (χ4n) is 4.62. The van der Waals surface area contributed by atoms with Crippen molar-refractivity contribution in [2.45, 2.75) is 32.4 Å². The van der Waals surface area contributed by atoms with Crippen LogP contribution in [0, 0.1) is 13.8 Å². The lowest BCUT2D eigenvalue weighted by Crippen LogP contribution is -2.40. The predicted octanol–water partition coefficient (Wildman–Crippen LogP) is 3.80. The zero-order chi connectivity index (χ0) is 22.1. The summed E-state index contributed by atoms with van der Waals surface area (Å²) in [5.74, 6) is -0.591. The number of benzene rings is 2. The number of halogens is 1. The SMILES string of the molecule is Cc1cc2oc3c(c(=O)c2cc1C)C(c1cccc(Cl)c1)N(C1CCS(=O)(=O)C1)C3=O. The minimum Gasteiger partial charge on any atom is -0.450 e. The summed E-state index contributed by atoms with van der Waals surface area (Å²) < 4.78 is 30.3. The van der Waals surface area contributed by atoms with Crippen LogP contribution in [-0.4, -0.2) is 36.8 Å². The largest absolute Gasteiger partial charge is 0.450 e. The summed E-state index contributed by atoms with van der Waals surface area (Å²) in [7, 11) is -3.25. The van der Waals surface area contributed by atoms with Gasteiger partial charge in [-0.2, -0.15) is 0 Å². The standard InChI is InChI=1S/C23H20ClNO5S/c1-12-8-17-18(9-13(12)2)30-22-19(21(17)26)20(14-4-3-5-15(24)10-14)25(23(22)27)16-6-7-31(28,29)11-16/h3-5,8-10,16,20H,6-7,11H2,1-2H3. The monoisotopic (exact) mass is 457 g/mol. The van der Waals surface area contributed by atoms with Gasteiger partial charge in [-0.25, -0.2) is 8.42 Å². The van der Waals surface area contributed by atoms with Crippen molar-refractivity contribution in [3.05, 3.63) is 79.7 Å². The Morgan fingerprint density at radius 3 is 2.52 bits per heavy atom. The smallest absolute Gasteiger partial charge is 0.291 e. The van der Waals surface area contributed by atoms with E-state index in [1.165, 1.54) is 4.90 Å². The molecule has 2 atom stereocenters. The van der Waals surface area contributed by atoms with E-state index in [2.05, 4.69) is 0 Å². The highest BCUT2D eigenvalue weighted by Gasteiger charge is 2.48. The van der Waals surface area contributed by atoms with E-state index in [1.54, 1.807) is 36.4 Å². The summed E-state index contributed by atoms with van der Waals surface area (Å²) >= 11 is 6.21. The van der Waals surface area contributed by atoms with E-state index >= 15 is 0 Å². The summed E-state index contributed by atoms with van der Waals surface area (Å²) in [5.41, 5.74) is 2.87. The number of nitrogens with zero attached hydrogens (tertiary/aromatic N) is 1. The minimum absolute atomic E-state index is 0.0157. The summed E-state index contributed by atoms with van der Waals surface area (Å²) in [4.78, 5) is 28.6. The van der Waals surface area contributed by atoms with Gasteiger partial charge in [0.05, 0.1) is 28.5 Å². The van der Waals surface area contributed by atoms with Gasteiger partial charge in [0, 0.05) is 11.1 Å². The Bertz CT molecular complexity index is 1430. The van der Waals surface area contributed by atoms with Crippen molar-refractivity contribution < 1.29 is 17.6 Å². The number of fused-ring (bicyclic) bond motifs is 2. The van der Waals surface area contributed by atoms with Gasteiger partial charge >= 0.3 is 0 Å². The van der Waals surface area contributed by atoms with Crippen molar-refractivity contribution >= 4 is 38.3 Å². The van der Waals surface area contributed by atoms with Crippen molar-refractivity contribution in [3.8, 4) is 0 Å². The van der Waals surface area contributed by atoms with E-state index in [1.807, 2.05) is 13.8 Å². The zero-order valence-corrected chi connectivity index (χ0v) is 18.6.